The van der Waals surface area contributed by atoms with Crippen LogP contribution in [0.5, 0.6) is 0 Å². The summed E-state index contributed by atoms with van der Waals surface area (Å²) in [6, 6.07) is 77.4. The molecule has 3 heterocycles. The lowest BCUT2D eigenvalue weighted by Gasteiger charge is -2.16. The molecule has 0 saturated carbocycles. The van der Waals surface area contributed by atoms with Gasteiger partial charge in [0.2, 0.25) is 0 Å². The zero-order valence-corrected chi connectivity index (χ0v) is 31.0. The van der Waals surface area contributed by atoms with E-state index >= 15 is 0 Å². The van der Waals surface area contributed by atoms with Gasteiger partial charge in [0.25, 0.3) is 0 Å². The molecule has 3 heteroatoms. The lowest BCUT2D eigenvalue weighted by atomic mass is 9.99. The number of fused-ring (bicyclic) bond motifs is 10. The predicted molar refractivity (Wildman–Crippen MR) is 240 cm³/mol. The van der Waals surface area contributed by atoms with Crippen LogP contribution in [0.2, 0.25) is 0 Å². The van der Waals surface area contributed by atoms with E-state index in [-0.39, 0.29) is 0 Å². The molecule has 0 amide bonds. The Hall–Kier alpha value is -7.62. The SMILES string of the molecule is c1ccc(-c2cccc3c4c5c6ccccc6n(-c6ccccc6)c5ccc4n(-c4ccccc4-c4ccc5c6ccccc6n(-c6ccccc6)c5c4)c23)cc1. The highest BCUT2D eigenvalue weighted by molar-refractivity contribution is 6.30. The Labute approximate surface area is 329 Å². The van der Waals surface area contributed by atoms with Crippen molar-refractivity contribution in [1.29, 1.82) is 0 Å². The standard InChI is InChI=1S/C54H35N3/c1-4-17-36(18-5-1)41-26-16-27-45-53-50(34-33-49-52(53)44-25-12-15-30-48(44)55(49)38-19-6-2-7-20-38)57(54(41)45)46-28-13-10-23-40(46)37-31-32-43-42-24-11-14-29-47(42)56(51(43)35-37)39-21-8-3-9-22-39/h1-35H. The molecule has 0 bridgehead atoms. The first kappa shape index (κ1) is 31.7. The van der Waals surface area contributed by atoms with Gasteiger partial charge in [0.1, 0.15) is 0 Å². The molecule has 0 saturated heterocycles. The number of hydrogen-bond acceptors (Lipinski definition) is 0. The minimum atomic E-state index is 1.15. The Morgan fingerprint density at radius 3 is 1.51 bits per heavy atom. The molecule has 0 unspecified atom stereocenters. The highest BCUT2D eigenvalue weighted by Gasteiger charge is 2.24. The minimum absolute atomic E-state index is 1.15. The van der Waals surface area contributed by atoms with E-state index in [1.807, 2.05) is 0 Å². The van der Waals surface area contributed by atoms with E-state index < -0.39 is 0 Å². The molecule has 0 N–H and O–H groups in total. The Kier molecular flexibility index (Phi) is 6.93. The normalized spacial score (nSPS) is 11.9. The summed E-state index contributed by atoms with van der Waals surface area (Å²) in [5, 5.41) is 7.52. The number of hydrogen-bond donors (Lipinski definition) is 0. The van der Waals surface area contributed by atoms with Gasteiger partial charge >= 0.3 is 0 Å². The van der Waals surface area contributed by atoms with Crippen molar-refractivity contribution in [3.8, 4) is 39.3 Å². The van der Waals surface area contributed by atoms with Crippen LogP contribution in [0.4, 0.5) is 0 Å². The van der Waals surface area contributed by atoms with Crippen LogP contribution in [0.1, 0.15) is 0 Å². The van der Waals surface area contributed by atoms with Crippen LogP contribution in [-0.4, -0.2) is 13.7 Å². The maximum Gasteiger partial charge on any atom is 0.0619 e. The molecule has 0 radical (unpaired) electrons. The van der Waals surface area contributed by atoms with Crippen molar-refractivity contribution in [3.63, 3.8) is 0 Å². The van der Waals surface area contributed by atoms with Gasteiger partial charge in [-0.15, -0.1) is 0 Å². The van der Waals surface area contributed by atoms with Crippen molar-refractivity contribution in [3.05, 3.63) is 212 Å². The second kappa shape index (κ2) is 12.5. The van der Waals surface area contributed by atoms with Gasteiger partial charge in [-0.25, -0.2) is 0 Å². The molecule has 0 atom stereocenters. The van der Waals surface area contributed by atoms with Gasteiger partial charge in [0, 0.05) is 54.8 Å². The quantitative estimate of drug-likeness (QED) is 0.168. The number of rotatable bonds is 5. The van der Waals surface area contributed by atoms with Crippen molar-refractivity contribution in [2.45, 2.75) is 0 Å². The van der Waals surface area contributed by atoms with Crippen LogP contribution in [0.15, 0.2) is 212 Å². The third-order valence-electron chi connectivity index (χ3n) is 11.8. The van der Waals surface area contributed by atoms with Crippen molar-refractivity contribution >= 4 is 65.4 Å². The van der Waals surface area contributed by atoms with E-state index in [0.717, 1.165) is 17.1 Å². The second-order valence-electron chi connectivity index (χ2n) is 14.9. The Morgan fingerprint density at radius 1 is 0.263 bits per heavy atom. The lowest BCUT2D eigenvalue weighted by Crippen LogP contribution is -1.99. The summed E-state index contributed by atoms with van der Waals surface area (Å²) in [6.07, 6.45) is 0. The van der Waals surface area contributed by atoms with Gasteiger partial charge in [-0.2, -0.15) is 0 Å². The largest absolute Gasteiger partial charge is 0.309 e. The summed E-state index contributed by atoms with van der Waals surface area (Å²) in [5.74, 6) is 0. The molecule has 12 aromatic rings. The van der Waals surface area contributed by atoms with Crippen LogP contribution in [0, 0.1) is 0 Å². The highest BCUT2D eigenvalue weighted by Crippen LogP contribution is 2.46. The van der Waals surface area contributed by atoms with Crippen molar-refractivity contribution in [1.82, 2.24) is 13.7 Å². The van der Waals surface area contributed by atoms with Crippen LogP contribution in [0.3, 0.4) is 0 Å². The van der Waals surface area contributed by atoms with Crippen molar-refractivity contribution in [2.24, 2.45) is 0 Å². The molecule has 9 aromatic carbocycles. The van der Waals surface area contributed by atoms with Gasteiger partial charge in [0.05, 0.1) is 38.8 Å². The van der Waals surface area contributed by atoms with Gasteiger partial charge < -0.3 is 13.7 Å². The van der Waals surface area contributed by atoms with E-state index in [9.17, 15) is 0 Å². The Morgan fingerprint density at radius 2 is 0.772 bits per heavy atom. The van der Waals surface area contributed by atoms with Crippen LogP contribution >= 0.6 is 0 Å². The smallest absolute Gasteiger partial charge is 0.0619 e. The van der Waals surface area contributed by atoms with E-state index in [4.69, 9.17) is 0 Å². The van der Waals surface area contributed by atoms with Crippen LogP contribution < -0.4 is 0 Å². The van der Waals surface area contributed by atoms with E-state index in [2.05, 4.69) is 226 Å². The summed E-state index contributed by atoms with van der Waals surface area (Å²) < 4.78 is 7.36. The number of nitrogens with zero attached hydrogens (tertiary/aromatic N) is 3. The molecular weight excluding hydrogens is 691 g/mol. The maximum atomic E-state index is 2.54. The third kappa shape index (κ3) is 4.66. The Balaban J connectivity index is 1.20. The molecule has 12 rings (SSSR count). The molecule has 57 heavy (non-hydrogen) atoms. The zero-order valence-electron chi connectivity index (χ0n) is 31.0. The summed E-state index contributed by atoms with van der Waals surface area (Å²) >= 11 is 0. The molecular formula is C54H35N3. The number of aromatic nitrogens is 3. The van der Waals surface area contributed by atoms with Crippen LogP contribution in [0.25, 0.3) is 105 Å². The van der Waals surface area contributed by atoms with Gasteiger partial charge in [-0.3, -0.25) is 0 Å². The summed E-state index contributed by atoms with van der Waals surface area (Å²) in [7, 11) is 0. The topological polar surface area (TPSA) is 14.8 Å². The van der Waals surface area contributed by atoms with Gasteiger partial charge in [-0.05, 0) is 71.8 Å². The molecule has 3 nitrogen and oxygen atoms in total. The third-order valence-corrected chi connectivity index (χ3v) is 11.8. The monoisotopic (exact) mass is 725 g/mol. The summed E-state index contributed by atoms with van der Waals surface area (Å²) in [5.41, 5.74) is 15.4. The average molecular weight is 726 g/mol. The molecule has 0 fully saturated rings. The fraction of sp³-hybridized carbons (Fsp3) is 0. The number of para-hydroxylation sites is 6. The minimum Gasteiger partial charge on any atom is -0.309 e. The Bertz CT molecular complexity index is 3500. The van der Waals surface area contributed by atoms with E-state index in [1.54, 1.807) is 0 Å². The van der Waals surface area contributed by atoms with Crippen LogP contribution in [-0.2, 0) is 0 Å². The first-order valence-corrected chi connectivity index (χ1v) is 19.6. The first-order valence-electron chi connectivity index (χ1n) is 19.6. The predicted octanol–water partition coefficient (Wildman–Crippen LogP) is 14.3. The van der Waals surface area contributed by atoms with E-state index in [1.165, 1.54) is 87.7 Å². The molecule has 0 aliphatic carbocycles. The summed E-state index contributed by atoms with van der Waals surface area (Å²) in [4.78, 5) is 0. The molecule has 0 aliphatic rings. The maximum absolute atomic E-state index is 2.54. The molecule has 0 aliphatic heterocycles. The van der Waals surface area contributed by atoms with Gasteiger partial charge in [0.15, 0.2) is 0 Å². The molecule has 266 valence electrons. The van der Waals surface area contributed by atoms with Gasteiger partial charge in [-0.1, -0.05) is 152 Å². The fourth-order valence-corrected chi connectivity index (χ4v) is 9.48. The fourth-order valence-electron chi connectivity index (χ4n) is 9.48. The van der Waals surface area contributed by atoms with Crippen molar-refractivity contribution in [2.75, 3.05) is 0 Å². The van der Waals surface area contributed by atoms with Crippen molar-refractivity contribution < 1.29 is 0 Å². The molecule has 0 spiro atoms. The second-order valence-corrected chi connectivity index (χ2v) is 14.9. The zero-order chi connectivity index (χ0) is 37.5. The first-order chi connectivity index (χ1) is 28.3. The molecule has 3 aromatic heterocycles. The van der Waals surface area contributed by atoms with E-state index in [0.29, 0.717) is 0 Å². The lowest BCUT2D eigenvalue weighted by molar-refractivity contribution is 1.17. The summed E-state index contributed by atoms with van der Waals surface area (Å²) in [6.45, 7) is 0. The average Bonchev–Trinajstić information content (AvgIpc) is 3.92. The number of benzene rings is 9. The highest BCUT2D eigenvalue weighted by atomic mass is 15.0.